The summed E-state index contributed by atoms with van der Waals surface area (Å²) in [4.78, 5) is 38.6. The number of carbonyl (C=O) groups excluding carboxylic acids is 2. The van der Waals surface area contributed by atoms with Gasteiger partial charge < -0.3 is 10.6 Å². The summed E-state index contributed by atoms with van der Waals surface area (Å²) in [6, 6.07) is 7.47. The van der Waals surface area contributed by atoms with Gasteiger partial charge in [0.15, 0.2) is 5.03 Å². The Bertz CT molecular complexity index is 1330. The lowest BCUT2D eigenvalue weighted by molar-refractivity contribution is -0.130. The second-order valence-electron chi connectivity index (χ2n) is 7.62. The van der Waals surface area contributed by atoms with Gasteiger partial charge in [0.1, 0.15) is 15.4 Å². The van der Waals surface area contributed by atoms with Gasteiger partial charge in [0.05, 0.1) is 9.35 Å². The van der Waals surface area contributed by atoms with Crippen LogP contribution >= 0.6 is 27.3 Å². The van der Waals surface area contributed by atoms with Crippen LogP contribution in [0.15, 0.2) is 56.4 Å². The number of nitrogens with one attached hydrogen (secondary N) is 2. The van der Waals surface area contributed by atoms with Crippen LogP contribution in [0, 0.1) is 0 Å². The molecule has 10 nitrogen and oxygen atoms in total. The number of imide groups is 1. The van der Waals surface area contributed by atoms with Crippen molar-refractivity contribution in [2.45, 2.75) is 28.6 Å². The average molecular weight is 551 g/mol. The monoisotopic (exact) mass is 550 g/mol. The van der Waals surface area contributed by atoms with Crippen LogP contribution in [0.1, 0.15) is 13.8 Å². The predicted molar refractivity (Wildman–Crippen MR) is 126 cm³/mol. The van der Waals surface area contributed by atoms with E-state index in [0.717, 1.165) is 16.2 Å². The van der Waals surface area contributed by atoms with Gasteiger partial charge in [-0.05, 0) is 54.0 Å². The fraction of sp³-hybridized carbons (Fsp3) is 0.250. The number of sulfone groups is 1. The number of carbonyl (C=O) groups is 2. The van der Waals surface area contributed by atoms with Gasteiger partial charge in [-0.1, -0.05) is 6.07 Å². The Labute approximate surface area is 202 Å². The number of halogens is 1. The van der Waals surface area contributed by atoms with Crippen molar-refractivity contribution in [2.24, 2.45) is 0 Å². The third-order valence-corrected chi connectivity index (χ3v) is 8.63. The molecule has 1 aliphatic rings. The summed E-state index contributed by atoms with van der Waals surface area (Å²) in [6.45, 7) is 3.69. The van der Waals surface area contributed by atoms with E-state index in [1.165, 1.54) is 18.3 Å². The molecular formula is C20H19BrN6O4S2. The molecule has 4 heterocycles. The molecule has 0 unspecified atom stereocenters. The van der Waals surface area contributed by atoms with Gasteiger partial charge in [0, 0.05) is 25.5 Å². The quantitative estimate of drug-likeness (QED) is 0.428. The first-order valence-corrected chi connectivity index (χ1v) is 12.9. The van der Waals surface area contributed by atoms with Crippen LogP contribution in [0.25, 0.3) is 10.6 Å². The van der Waals surface area contributed by atoms with Gasteiger partial charge in [-0.3, -0.25) is 9.69 Å². The average Bonchev–Trinajstić information content (AvgIpc) is 3.35. The lowest BCUT2D eigenvalue weighted by Crippen LogP contribution is -2.40. The molecule has 1 aliphatic heterocycles. The second-order valence-corrected chi connectivity index (χ2v) is 11.7. The van der Waals surface area contributed by atoms with Crippen molar-refractivity contribution < 1.29 is 18.0 Å². The summed E-state index contributed by atoms with van der Waals surface area (Å²) < 4.78 is 26.4. The van der Waals surface area contributed by atoms with Gasteiger partial charge in [-0.15, -0.1) is 11.3 Å². The van der Waals surface area contributed by atoms with Gasteiger partial charge in [0.2, 0.25) is 15.8 Å². The van der Waals surface area contributed by atoms with Crippen molar-refractivity contribution in [1.82, 2.24) is 25.2 Å². The van der Waals surface area contributed by atoms with Crippen LogP contribution in [-0.4, -0.2) is 58.8 Å². The molecule has 3 aromatic heterocycles. The topological polar surface area (TPSA) is 134 Å². The molecule has 4 rings (SSSR count). The Kier molecular flexibility index (Phi) is 6.20. The van der Waals surface area contributed by atoms with Crippen LogP contribution in [0.2, 0.25) is 0 Å². The number of nitrogens with zero attached hydrogens (tertiary/aromatic N) is 4. The number of thiophene rings is 1. The molecular weight excluding hydrogens is 532 g/mol. The molecule has 0 saturated carbocycles. The zero-order valence-electron chi connectivity index (χ0n) is 17.6. The lowest BCUT2D eigenvalue weighted by atomic mass is 10.1. The highest BCUT2D eigenvalue weighted by Gasteiger charge is 2.43. The number of rotatable bonds is 7. The highest BCUT2D eigenvalue weighted by molar-refractivity contribution is 9.10. The molecule has 0 aliphatic carbocycles. The van der Waals surface area contributed by atoms with Crippen LogP contribution in [0.5, 0.6) is 0 Å². The third kappa shape index (κ3) is 4.61. The fourth-order valence-electron chi connectivity index (χ4n) is 3.13. The third-order valence-electron chi connectivity index (χ3n) is 4.80. The number of aromatic nitrogens is 3. The molecule has 1 saturated heterocycles. The lowest BCUT2D eigenvalue weighted by Gasteiger charge is -2.16. The van der Waals surface area contributed by atoms with Crippen LogP contribution in [0.3, 0.4) is 0 Å². The van der Waals surface area contributed by atoms with Crippen molar-refractivity contribution >= 4 is 55.0 Å². The highest BCUT2D eigenvalue weighted by atomic mass is 79.9. The van der Waals surface area contributed by atoms with Crippen LogP contribution < -0.4 is 10.6 Å². The van der Waals surface area contributed by atoms with Gasteiger partial charge in [0.25, 0.3) is 5.91 Å². The minimum absolute atomic E-state index is 0.0221. The minimum atomic E-state index is -3.74. The number of anilines is 1. The summed E-state index contributed by atoms with van der Waals surface area (Å²) in [5.74, 6) is -0.0195. The zero-order valence-corrected chi connectivity index (χ0v) is 20.8. The van der Waals surface area contributed by atoms with Crippen molar-refractivity contribution in [3.63, 3.8) is 0 Å². The molecule has 3 aromatic rings. The van der Waals surface area contributed by atoms with E-state index >= 15 is 0 Å². The summed E-state index contributed by atoms with van der Waals surface area (Å²) in [7, 11) is -3.74. The first kappa shape index (κ1) is 23.3. The first-order valence-electron chi connectivity index (χ1n) is 9.76. The molecule has 1 fully saturated rings. The van der Waals surface area contributed by atoms with E-state index in [0.29, 0.717) is 15.0 Å². The zero-order chi connectivity index (χ0) is 23.8. The largest absolute Gasteiger partial charge is 0.352 e. The standard InChI is InChI=1S/C20H19BrN6O4S2/c1-20(2)17(28)27(19(29)26-20)10-9-23-18-24-11-12(21)16(25-18)13-6-7-15(32-13)33(30,31)14-5-3-4-8-22-14/h3-8,11H,9-10H2,1-2H3,(H,26,29)(H,23,24,25). The van der Waals surface area contributed by atoms with E-state index in [1.807, 2.05) is 0 Å². The van der Waals surface area contributed by atoms with Crippen molar-refractivity contribution in [1.29, 1.82) is 0 Å². The molecule has 0 bridgehead atoms. The highest BCUT2D eigenvalue weighted by Crippen LogP contribution is 2.35. The molecule has 0 spiro atoms. The summed E-state index contributed by atoms with van der Waals surface area (Å²) in [5.41, 5.74) is -0.415. The predicted octanol–water partition coefficient (Wildman–Crippen LogP) is 2.94. The Balaban J connectivity index is 1.50. The first-order chi connectivity index (χ1) is 15.6. The second kappa shape index (κ2) is 8.80. The summed E-state index contributed by atoms with van der Waals surface area (Å²) in [6.07, 6.45) is 2.98. The SMILES string of the molecule is CC1(C)NC(=O)N(CCNc2ncc(Br)c(-c3ccc(S(=O)(=O)c4ccccn4)s3)n2)C1=O. The normalized spacial score (nSPS) is 15.5. The number of hydrogen-bond donors (Lipinski definition) is 2. The van der Waals surface area contributed by atoms with E-state index < -0.39 is 21.4 Å². The maximum Gasteiger partial charge on any atom is 0.325 e. The number of urea groups is 1. The molecule has 172 valence electrons. The molecule has 3 amide bonds. The minimum Gasteiger partial charge on any atom is -0.352 e. The Morgan fingerprint density at radius 3 is 2.64 bits per heavy atom. The van der Waals surface area contributed by atoms with Crippen LogP contribution in [0.4, 0.5) is 10.7 Å². The van der Waals surface area contributed by atoms with E-state index in [4.69, 9.17) is 0 Å². The summed E-state index contributed by atoms with van der Waals surface area (Å²) in [5, 5.41) is 5.60. The molecule has 13 heteroatoms. The van der Waals surface area contributed by atoms with Crippen molar-refractivity contribution in [3.05, 3.63) is 47.2 Å². The number of hydrogen-bond acceptors (Lipinski definition) is 9. The number of pyridine rings is 1. The summed E-state index contributed by atoms with van der Waals surface area (Å²) >= 11 is 4.48. The maximum absolute atomic E-state index is 12.8. The molecule has 2 N–H and O–H groups in total. The molecule has 0 aromatic carbocycles. The molecule has 33 heavy (non-hydrogen) atoms. The van der Waals surface area contributed by atoms with E-state index in [9.17, 15) is 18.0 Å². The van der Waals surface area contributed by atoms with Crippen LogP contribution in [-0.2, 0) is 14.6 Å². The van der Waals surface area contributed by atoms with Gasteiger partial charge >= 0.3 is 6.03 Å². The van der Waals surface area contributed by atoms with E-state index in [2.05, 4.69) is 41.5 Å². The number of amides is 3. The fourth-order valence-corrected chi connectivity index (χ4v) is 6.28. The molecule has 0 radical (unpaired) electrons. The maximum atomic E-state index is 12.8. The van der Waals surface area contributed by atoms with Gasteiger partial charge in [-0.2, -0.15) is 0 Å². The van der Waals surface area contributed by atoms with Crippen molar-refractivity contribution in [2.75, 3.05) is 18.4 Å². The Morgan fingerprint density at radius 2 is 1.97 bits per heavy atom. The van der Waals surface area contributed by atoms with Gasteiger partial charge in [-0.25, -0.2) is 28.2 Å². The van der Waals surface area contributed by atoms with Crippen molar-refractivity contribution in [3.8, 4) is 10.6 Å². The Morgan fingerprint density at radius 1 is 1.18 bits per heavy atom. The Hall–Kier alpha value is -2.90. The smallest absolute Gasteiger partial charge is 0.325 e. The molecule has 0 atom stereocenters. The van der Waals surface area contributed by atoms with E-state index in [1.54, 1.807) is 38.2 Å². The van der Waals surface area contributed by atoms with E-state index in [-0.39, 0.29) is 34.2 Å².